The molecule has 1 aromatic carbocycles. The van der Waals surface area contributed by atoms with E-state index >= 15 is 0 Å². The van der Waals surface area contributed by atoms with Gasteiger partial charge in [-0.05, 0) is 49.6 Å². The molecule has 138 valence electrons. The zero-order valence-electron chi connectivity index (χ0n) is 15.4. The first-order chi connectivity index (χ1) is 12.6. The van der Waals surface area contributed by atoms with Crippen molar-refractivity contribution >= 4 is 5.91 Å². The van der Waals surface area contributed by atoms with Crippen molar-refractivity contribution in [3.8, 4) is 11.5 Å². The molecule has 1 heterocycles. The summed E-state index contributed by atoms with van der Waals surface area (Å²) in [5.41, 5.74) is 0.620. The lowest BCUT2D eigenvalue weighted by atomic mass is 9.78. The molecule has 5 heteroatoms. The normalized spacial score (nSPS) is 16.7. The van der Waals surface area contributed by atoms with Crippen molar-refractivity contribution in [2.45, 2.75) is 44.1 Å². The Morgan fingerprint density at radius 1 is 1.19 bits per heavy atom. The Hall–Kier alpha value is -2.56. The smallest absolute Gasteiger partial charge is 0.230 e. The molecule has 1 N–H and O–H groups in total. The van der Waals surface area contributed by atoms with Gasteiger partial charge < -0.3 is 14.8 Å². The van der Waals surface area contributed by atoms with Crippen LogP contribution in [0.15, 0.2) is 48.8 Å². The summed E-state index contributed by atoms with van der Waals surface area (Å²) in [5.74, 6) is 1.60. The molecule has 2 aromatic rings. The Kier molecular flexibility index (Phi) is 5.76. The van der Waals surface area contributed by atoms with Gasteiger partial charge in [0.05, 0.1) is 25.3 Å². The lowest BCUT2D eigenvalue weighted by Gasteiger charge is -2.29. The molecule has 1 fully saturated rings. The Labute approximate surface area is 154 Å². The fourth-order valence-corrected chi connectivity index (χ4v) is 3.63. The Morgan fingerprint density at radius 3 is 2.54 bits per heavy atom. The van der Waals surface area contributed by atoms with Crippen LogP contribution in [0.5, 0.6) is 11.5 Å². The first kappa shape index (κ1) is 18.2. The van der Waals surface area contributed by atoms with Crippen LogP contribution in [0.2, 0.25) is 0 Å². The largest absolute Gasteiger partial charge is 0.497 e. The standard InChI is InChI=1S/C21H26N2O3/c1-16(26-19-6-5-13-22-15-19)14-23-20(24)21(11-3-4-12-21)17-7-9-18(25-2)10-8-17/h5-10,13,15-16H,3-4,11-12,14H2,1-2H3,(H,23,24)/t16-/m0/s1. The van der Waals surface area contributed by atoms with E-state index < -0.39 is 5.41 Å². The van der Waals surface area contributed by atoms with Crippen LogP contribution in [0.4, 0.5) is 0 Å². The average molecular weight is 354 g/mol. The maximum absolute atomic E-state index is 13.1. The van der Waals surface area contributed by atoms with Gasteiger partial charge in [-0.1, -0.05) is 25.0 Å². The molecule has 0 unspecified atom stereocenters. The van der Waals surface area contributed by atoms with E-state index in [0.717, 1.165) is 37.0 Å². The lowest BCUT2D eigenvalue weighted by molar-refractivity contribution is -0.127. The van der Waals surface area contributed by atoms with Gasteiger partial charge in [-0.3, -0.25) is 9.78 Å². The number of benzene rings is 1. The van der Waals surface area contributed by atoms with Gasteiger partial charge >= 0.3 is 0 Å². The van der Waals surface area contributed by atoms with Gasteiger partial charge in [-0.25, -0.2) is 0 Å². The highest BCUT2D eigenvalue weighted by atomic mass is 16.5. The number of hydrogen-bond acceptors (Lipinski definition) is 4. The predicted molar refractivity (Wildman–Crippen MR) is 100 cm³/mol. The summed E-state index contributed by atoms with van der Waals surface area (Å²) in [6, 6.07) is 11.6. The highest BCUT2D eigenvalue weighted by Crippen LogP contribution is 2.41. The van der Waals surface area contributed by atoms with Crippen LogP contribution in [0.25, 0.3) is 0 Å². The second-order valence-electron chi connectivity index (χ2n) is 6.84. The van der Waals surface area contributed by atoms with Crippen molar-refractivity contribution in [3.05, 3.63) is 54.4 Å². The number of nitrogens with zero attached hydrogens (tertiary/aromatic N) is 1. The van der Waals surface area contributed by atoms with Crippen LogP contribution < -0.4 is 14.8 Å². The SMILES string of the molecule is COc1ccc(C2(C(=O)NC[C@H](C)Oc3cccnc3)CCCC2)cc1. The van der Waals surface area contributed by atoms with Crippen molar-refractivity contribution in [1.82, 2.24) is 10.3 Å². The van der Waals surface area contributed by atoms with Gasteiger partial charge in [-0.15, -0.1) is 0 Å². The maximum atomic E-state index is 13.1. The molecular formula is C21H26N2O3. The molecular weight excluding hydrogens is 328 g/mol. The topological polar surface area (TPSA) is 60.5 Å². The molecule has 0 radical (unpaired) electrons. The number of nitrogens with one attached hydrogen (secondary N) is 1. The summed E-state index contributed by atoms with van der Waals surface area (Å²) in [6.45, 7) is 2.41. The van der Waals surface area contributed by atoms with Crippen LogP contribution in [0.3, 0.4) is 0 Å². The number of pyridine rings is 1. The van der Waals surface area contributed by atoms with Crippen molar-refractivity contribution in [1.29, 1.82) is 0 Å². The number of aromatic nitrogens is 1. The molecule has 0 bridgehead atoms. The van der Waals surface area contributed by atoms with E-state index in [-0.39, 0.29) is 12.0 Å². The molecule has 26 heavy (non-hydrogen) atoms. The summed E-state index contributed by atoms with van der Waals surface area (Å²) < 4.78 is 11.0. The monoisotopic (exact) mass is 354 g/mol. The van der Waals surface area contributed by atoms with Gasteiger partial charge in [0.1, 0.15) is 17.6 Å². The molecule has 1 atom stereocenters. The number of amides is 1. The van der Waals surface area contributed by atoms with Crippen molar-refractivity contribution < 1.29 is 14.3 Å². The predicted octanol–water partition coefficient (Wildman–Crippen LogP) is 3.49. The minimum absolute atomic E-state index is 0.0850. The van der Waals surface area contributed by atoms with Gasteiger partial charge in [0.25, 0.3) is 0 Å². The van der Waals surface area contributed by atoms with E-state index in [1.807, 2.05) is 43.3 Å². The van der Waals surface area contributed by atoms with Crippen LogP contribution in [0.1, 0.15) is 38.2 Å². The highest BCUT2D eigenvalue weighted by Gasteiger charge is 2.42. The number of ether oxygens (including phenoxy) is 2. The summed E-state index contributed by atoms with van der Waals surface area (Å²) >= 11 is 0. The van der Waals surface area contributed by atoms with Crippen LogP contribution in [-0.4, -0.2) is 30.6 Å². The first-order valence-electron chi connectivity index (χ1n) is 9.13. The zero-order chi connectivity index (χ0) is 18.4. The van der Waals surface area contributed by atoms with E-state index in [4.69, 9.17) is 9.47 Å². The van der Waals surface area contributed by atoms with Crippen LogP contribution in [-0.2, 0) is 10.2 Å². The quantitative estimate of drug-likeness (QED) is 0.827. The van der Waals surface area contributed by atoms with E-state index in [1.54, 1.807) is 19.5 Å². The summed E-state index contributed by atoms with van der Waals surface area (Å²) in [5, 5.41) is 3.10. The number of rotatable bonds is 7. The van der Waals surface area contributed by atoms with E-state index in [1.165, 1.54) is 0 Å². The van der Waals surface area contributed by atoms with E-state index in [2.05, 4.69) is 10.3 Å². The lowest BCUT2D eigenvalue weighted by Crippen LogP contribution is -2.45. The summed E-state index contributed by atoms with van der Waals surface area (Å²) in [7, 11) is 1.65. The second kappa shape index (κ2) is 8.21. The average Bonchev–Trinajstić information content (AvgIpc) is 3.18. The van der Waals surface area contributed by atoms with Crippen molar-refractivity contribution in [3.63, 3.8) is 0 Å². The molecule has 1 aliphatic rings. The molecule has 0 saturated heterocycles. The molecule has 0 spiro atoms. The summed E-state index contributed by atoms with van der Waals surface area (Å²) in [4.78, 5) is 17.1. The number of carbonyl (C=O) groups is 1. The van der Waals surface area contributed by atoms with Gasteiger partial charge in [0, 0.05) is 6.20 Å². The number of carbonyl (C=O) groups excluding carboxylic acids is 1. The fraction of sp³-hybridized carbons (Fsp3) is 0.429. The summed E-state index contributed by atoms with van der Waals surface area (Å²) in [6.07, 6.45) is 7.15. The molecule has 1 aliphatic carbocycles. The first-order valence-corrected chi connectivity index (χ1v) is 9.13. The highest BCUT2D eigenvalue weighted by molar-refractivity contribution is 5.88. The zero-order valence-corrected chi connectivity index (χ0v) is 15.4. The van der Waals surface area contributed by atoms with Gasteiger partial charge in [-0.2, -0.15) is 0 Å². The second-order valence-corrected chi connectivity index (χ2v) is 6.84. The van der Waals surface area contributed by atoms with Gasteiger partial charge in [0.2, 0.25) is 5.91 Å². The van der Waals surface area contributed by atoms with E-state index in [9.17, 15) is 4.79 Å². The van der Waals surface area contributed by atoms with Crippen LogP contribution >= 0.6 is 0 Å². The van der Waals surface area contributed by atoms with Crippen molar-refractivity contribution in [2.24, 2.45) is 0 Å². The fourth-order valence-electron chi connectivity index (χ4n) is 3.63. The van der Waals surface area contributed by atoms with Crippen LogP contribution in [0, 0.1) is 0 Å². The molecule has 1 saturated carbocycles. The minimum atomic E-state index is -0.444. The Balaban J connectivity index is 1.65. The Morgan fingerprint density at radius 2 is 1.92 bits per heavy atom. The van der Waals surface area contributed by atoms with E-state index in [0.29, 0.717) is 12.3 Å². The Bertz CT molecular complexity index is 710. The molecule has 1 aromatic heterocycles. The third kappa shape index (κ3) is 3.98. The third-order valence-electron chi connectivity index (χ3n) is 5.06. The third-order valence-corrected chi connectivity index (χ3v) is 5.06. The molecule has 5 nitrogen and oxygen atoms in total. The van der Waals surface area contributed by atoms with Gasteiger partial charge in [0.15, 0.2) is 0 Å². The number of methoxy groups -OCH3 is 1. The van der Waals surface area contributed by atoms with Crippen molar-refractivity contribution in [2.75, 3.05) is 13.7 Å². The molecule has 3 rings (SSSR count). The minimum Gasteiger partial charge on any atom is -0.497 e. The maximum Gasteiger partial charge on any atom is 0.230 e. The number of hydrogen-bond donors (Lipinski definition) is 1. The molecule has 0 aliphatic heterocycles. The molecule has 1 amide bonds.